The lowest BCUT2D eigenvalue weighted by Gasteiger charge is -2.24. The second-order valence-electron chi connectivity index (χ2n) is 8.74. The van der Waals surface area contributed by atoms with E-state index in [0.717, 1.165) is 53.4 Å². The highest BCUT2D eigenvalue weighted by Crippen LogP contribution is 2.38. The van der Waals surface area contributed by atoms with Crippen LogP contribution in [0.1, 0.15) is 37.3 Å². The fraction of sp³-hybridized carbons (Fsp3) is 0.360. The molecule has 1 aromatic heterocycles. The molecule has 1 saturated carbocycles. The van der Waals surface area contributed by atoms with Gasteiger partial charge in [0.25, 0.3) is 0 Å². The number of para-hydroxylation sites is 1. The van der Waals surface area contributed by atoms with Crippen LogP contribution in [0.15, 0.2) is 54.7 Å². The molecule has 0 bridgehead atoms. The molecule has 32 heavy (non-hydrogen) atoms. The van der Waals surface area contributed by atoms with Crippen LogP contribution in [0.3, 0.4) is 0 Å². The lowest BCUT2D eigenvalue weighted by Crippen LogP contribution is -2.39. The summed E-state index contributed by atoms with van der Waals surface area (Å²) in [5.41, 5.74) is 4.14. The minimum Gasteiger partial charge on any atom is -0.454 e. The Morgan fingerprint density at radius 2 is 1.94 bits per heavy atom. The van der Waals surface area contributed by atoms with Gasteiger partial charge in [-0.1, -0.05) is 24.3 Å². The average Bonchev–Trinajstić information content (AvgIpc) is 3.21. The Kier molecular flexibility index (Phi) is 4.83. The zero-order valence-corrected chi connectivity index (χ0v) is 17.9. The van der Waals surface area contributed by atoms with Crippen molar-refractivity contribution < 1.29 is 14.3 Å². The van der Waals surface area contributed by atoms with Crippen LogP contribution in [-0.4, -0.2) is 40.0 Å². The predicted molar refractivity (Wildman–Crippen MR) is 121 cm³/mol. The number of aromatic nitrogens is 2. The predicted octanol–water partition coefficient (Wildman–Crippen LogP) is 4.22. The Labute approximate surface area is 186 Å². The number of benzene rings is 2. The van der Waals surface area contributed by atoms with Gasteiger partial charge in [0.15, 0.2) is 11.5 Å². The lowest BCUT2D eigenvalue weighted by molar-refractivity contribution is -0.120. The van der Waals surface area contributed by atoms with Crippen molar-refractivity contribution >= 4 is 11.6 Å². The van der Waals surface area contributed by atoms with Gasteiger partial charge in [-0.2, -0.15) is 5.10 Å². The molecule has 3 aliphatic rings. The molecule has 164 valence electrons. The summed E-state index contributed by atoms with van der Waals surface area (Å²) in [6.45, 7) is 1.83. The third kappa shape index (κ3) is 3.62. The van der Waals surface area contributed by atoms with E-state index in [9.17, 15) is 4.79 Å². The van der Waals surface area contributed by atoms with Crippen molar-refractivity contribution in [2.75, 3.05) is 18.7 Å². The van der Waals surface area contributed by atoms with Crippen LogP contribution >= 0.6 is 0 Å². The molecule has 3 aromatic rings. The Hall–Kier alpha value is -3.32. The summed E-state index contributed by atoms with van der Waals surface area (Å²) in [5, 5.41) is 7.58. The molecule has 2 aliphatic heterocycles. The Bertz CT molecular complexity index is 1140. The molecule has 3 heterocycles. The molecule has 0 radical (unpaired) electrons. The normalized spacial score (nSPS) is 19.9. The maximum Gasteiger partial charge on any atom is 0.241 e. The van der Waals surface area contributed by atoms with Gasteiger partial charge in [0.05, 0.1) is 17.8 Å². The number of fused-ring (bicyclic) bond motifs is 1. The van der Waals surface area contributed by atoms with Crippen LogP contribution in [0.2, 0.25) is 0 Å². The summed E-state index contributed by atoms with van der Waals surface area (Å²) in [6.07, 6.45) is 6.13. The van der Waals surface area contributed by atoms with Gasteiger partial charge in [-0.15, -0.1) is 0 Å². The summed E-state index contributed by atoms with van der Waals surface area (Å²) < 4.78 is 13.2. The number of nitrogens with one attached hydrogen (secondary N) is 1. The van der Waals surface area contributed by atoms with E-state index in [2.05, 4.69) is 38.2 Å². The van der Waals surface area contributed by atoms with Gasteiger partial charge in [-0.3, -0.25) is 14.4 Å². The van der Waals surface area contributed by atoms with Crippen molar-refractivity contribution in [1.82, 2.24) is 14.7 Å². The third-order valence-corrected chi connectivity index (χ3v) is 6.53. The largest absolute Gasteiger partial charge is 0.454 e. The summed E-state index contributed by atoms with van der Waals surface area (Å²) in [6, 6.07) is 16.5. The van der Waals surface area contributed by atoms with Gasteiger partial charge in [-0.05, 0) is 62.1 Å². The van der Waals surface area contributed by atoms with Gasteiger partial charge in [0.1, 0.15) is 0 Å². The van der Waals surface area contributed by atoms with Crippen molar-refractivity contribution in [3.05, 3.63) is 60.3 Å². The van der Waals surface area contributed by atoms with E-state index >= 15 is 0 Å². The number of nitrogens with zero attached hydrogens (tertiary/aromatic N) is 3. The van der Waals surface area contributed by atoms with Crippen molar-refractivity contribution in [2.24, 2.45) is 0 Å². The summed E-state index contributed by atoms with van der Waals surface area (Å²) >= 11 is 0. The number of hydrogen-bond donors (Lipinski definition) is 1. The van der Waals surface area contributed by atoms with Crippen LogP contribution in [-0.2, 0) is 11.3 Å². The van der Waals surface area contributed by atoms with Gasteiger partial charge in [0.2, 0.25) is 12.7 Å². The first-order valence-electron chi connectivity index (χ1n) is 11.3. The molecular weight excluding hydrogens is 404 g/mol. The summed E-state index contributed by atoms with van der Waals surface area (Å²) in [5.74, 6) is 1.63. The highest BCUT2D eigenvalue weighted by atomic mass is 16.7. The van der Waals surface area contributed by atoms with E-state index in [1.54, 1.807) is 0 Å². The molecule has 1 amide bonds. The number of anilines is 1. The van der Waals surface area contributed by atoms with Gasteiger partial charge < -0.3 is 14.8 Å². The summed E-state index contributed by atoms with van der Waals surface area (Å²) in [4.78, 5) is 15.3. The van der Waals surface area contributed by atoms with E-state index in [1.807, 2.05) is 36.5 Å². The van der Waals surface area contributed by atoms with E-state index in [-0.39, 0.29) is 18.7 Å². The highest BCUT2D eigenvalue weighted by molar-refractivity contribution is 5.95. The van der Waals surface area contributed by atoms with Crippen LogP contribution < -0.4 is 14.8 Å². The maximum atomic E-state index is 13.1. The maximum absolute atomic E-state index is 13.1. The molecule has 1 saturated heterocycles. The van der Waals surface area contributed by atoms with Crippen LogP contribution in [0.4, 0.5) is 5.69 Å². The molecule has 1 unspecified atom stereocenters. The summed E-state index contributed by atoms with van der Waals surface area (Å²) in [7, 11) is 0. The molecule has 2 aromatic carbocycles. The zero-order chi connectivity index (χ0) is 21.5. The molecule has 2 fully saturated rings. The van der Waals surface area contributed by atoms with Gasteiger partial charge in [0, 0.05) is 24.0 Å². The second-order valence-corrected chi connectivity index (χ2v) is 8.74. The van der Waals surface area contributed by atoms with Gasteiger partial charge in [-0.25, -0.2) is 0 Å². The molecule has 7 heteroatoms. The number of likely N-dealkylation sites (tertiary alicyclic amines) is 1. The van der Waals surface area contributed by atoms with Gasteiger partial charge >= 0.3 is 0 Å². The molecule has 1 N–H and O–H groups in total. The van der Waals surface area contributed by atoms with Crippen molar-refractivity contribution in [2.45, 2.75) is 44.3 Å². The lowest BCUT2D eigenvalue weighted by atomic mass is 10.1. The molecule has 6 rings (SSSR count). The molecule has 7 nitrogen and oxygen atoms in total. The minimum absolute atomic E-state index is 0.0445. The Morgan fingerprint density at radius 3 is 2.78 bits per heavy atom. The minimum atomic E-state index is -0.149. The number of hydrogen-bond acceptors (Lipinski definition) is 5. The molecule has 0 spiro atoms. The fourth-order valence-electron chi connectivity index (χ4n) is 4.75. The monoisotopic (exact) mass is 430 g/mol. The molecular formula is C25H26N4O3. The van der Waals surface area contributed by atoms with Crippen molar-refractivity contribution in [3.8, 4) is 22.8 Å². The smallest absolute Gasteiger partial charge is 0.241 e. The Balaban J connectivity index is 1.13. The number of rotatable bonds is 6. The number of carbonyl (C=O) groups is 1. The van der Waals surface area contributed by atoms with E-state index in [4.69, 9.17) is 9.47 Å². The first-order chi connectivity index (χ1) is 15.8. The van der Waals surface area contributed by atoms with Crippen LogP contribution in [0.25, 0.3) is 11.3 Å². The van der Waals surface area contributed by atoms with E-state index < -0.39 is 0 Å². The highest BCUT2D eigenvalue weighted by Gasteiger charge is 2.32. The van der Waals surface area contributed by atoms with E-state index in [1.165, 1.54) is 12.8 Å². The first kappa shape index (κ1) is 19.4. The van der Waals surface area contributed by atoms with Crippen molar-refractivity contribution in [3.63, 3.8) is 0 Å². The molecule has 1 atom stereocenters. The zero-order valence-electron chi connectivity index (χ0n) is 17.9. The number of carbonyl (C=O) groups excluding carboxylic acids is 1. The van der Waals surface area contributed by atoms with Crippen molar-refractivity contribution in [1.29, 1.82) is 0 Å². The standard InChI is InChI=1S/C25H26N4O3/c30-25(22-4-2-14-28(22)15-18-3-1-5-23-24(18)32-16-31-23)27-19-8-6-17(7-9-19)21-12-13-26-29(21)20-10-11-20/h1,3,5-9,12-13,20,22H,2,4,10-11,14-16H2,(H,27,30). The first-order valence-corrected chi connectivity index (χ1v) is 11.3. The third-order valence-electron chi connectivity index (χ3n) is 6.53. The average molecular weight is 431 g/mol. The number of amides is 1. The topological polar surface area (TPSA) is 68.6 Å². The van der Waals surface area contributed by atoms with Crippen LogP contribution in [0, 0.1) is 0 Å². The SMILES string of the molecule is O=C(Nc1ccc(-c2ccnn2C2CC2)cc1)C1CCCN1Cc1cccc2c1OCO2. The quantitative estimate of drug-likeness (QED) is 0.634. The van der Waals surface area contributed by atoms with Crippen LogP contribution in [0.5, 0.6) is 11.5 Å². The molecule has 1 aliphatic carbocycles. The number of ether oxygens (including phenoxy) is 2. The van der Waals surface area contributed by atoms with E-state index in [0.29, 0.717) is 12.6 Å². The Morgan fingerprint density at radius 1 is 1.06 bits per heavy atom. The fourth-order valence-corrected chi connectivity index (χ4v) is 4.75. The second kappa shape index (κ2) is 7.98.